The highest BCUT2D eigenvalue weighted by molar-refractivity contribution is 7.90. The van der Waals surface area contributed by atoms with Gasteiger partial charge in [-0.3, -0.25) is 14.4 Å². The summed E-state index contributed by atoms with van der Waals surface area (Å²) in [6.45, 7) is 1.02. The topological polar surface area (TPSA) is 112 Å². The maximum Gasteiger partial charge on any atom is 0.323 e. The van der Waals surface area contributed by atoms with Gasteiger partial charge in [0.15, 0.2) is 0 Å². The first kappa shape index (κ1) is 16.0. The summed E-state index contributed by atoms with van der Waals surface area (Å²) in [6, 6.07) is 3.69. The molecular weight excluding hydrogens is 312 g/mol. The maximum atomic E-state index is 12.2. The number of nitrogens with zero attached hydrogens (tertiary/aromatic N) is 2. The molecule has 0 spiro atoms. The molecule has 8 nitrogen and oxygen atoms in total. The predicted octanol–water partition coefficient (Wildman–Crippen LogP) is 0.00760. The number of amides is 2. The molecule has 0 fully saturated rings. The smallest absolute Gasteiger partial charge is 0.323 e. The van der Waals surface area contributed by atoms with Crippen LogP contribution in [0.2, 0.25) is 0 Å². The van der Waals surface area contributed by atoms with Crippen LogP contribution in [0.5, 0.6) is 0 Å². The maximum absolute atomic E-state index is 12.2. The van der Waals surface area contributed by atoms with Gasteiger partial charge in [0.05, 0.1) is 5.56 Å². The number of hydrogen-bond donors (Lipinski definition) is 1. The number of likely N-dealkylation sites (N-methyl/N-ethyl adjacent to an activating group) is 1. The van der Waals surface area contributed by atoms with Gasteiger partial charge in [0.1, 0.15) is 11.4 Å². The van der Waals surface area contributed by atoms with Crippen molar-refractivity contribution in [2.75, 3.05) is 20.1 Å². The molecule has 1 aliphatic heterocycles. The summed E-state index contributed by atoms with van der Waals surface area (Å²) in [4.78, 5) is 35.4. The predicted molar refractivity (Wildman–Crippen MR) is 74.9 cm³/mol. The van der Waals surface area contributed by atoms with E-state index in [1.807, 2.05) is 0 Å². The van der Waals surface area contributed by atoms with Crippen LogP contribution in [0.15, 0.2) is 23.1 Å². The molecule has 1 heterocycles. The van der Waals surface area contributed by atoms with E-state index in [0.29, 0.717) is 0 Å². The van der Waals surface area contributed by atoms with Crippen LogP contribution in [0, 0.1) is 0 Å². The van der Waals surface area contributed by atoms with E-state index in [0.717, 1.165) is 15.3 Å². The minimum atomic E-state index is -3.95. The number of carbonyl (C=O) groups excluding carboxylic acids is 2. The molecule has 0 atom stereocenters. The van der Waals surface area contributed by atoms with Crippen LogP contribution in [-0.2, 0) is 14.8 Å². The summed E-state index contributed by atoms with van der Waals surface area (Å²) in [6.07, 6.45) is 0. The highest BCUT2D eigenvalue weighted by Gasteiger charge is 2.40. The lowest BCUT2D eigenvalue weighted by molar-refractivity contribution is -0.137. The highest BCUT2D eigenvalue weighted by Crippen LogP contribution is 2.30. The van der Waals surface area contributed by atoms with Crippen LogP contribution < -0.4 is 0 Å². The Morgan fingerprint density at radius 2 is 1.95 bits per heavy atom. The normalized spacial score (nSPS) is 15.5. The fraction of sp³-hybridized carbons (Fsp3) is 0.308. The summed E-state index contributed by atoms with van der Waals surface area (Å²) in [5.41, 5.74) is 0.0242. The van der Waals surface area contributed by atoms with Crippen LogP contribution in [0.25, 0.3) is 0 Å². The zero-order valence-electron chi connectivity index (χ0n) is 11.9. The first-order chi connectivity index (χ1) is 10.2. The fourth-order valence-electron chi connectivity index (χ4n) is 2.22. The quantitative estimate of drug-likeness (QED) is 0.834. The lowest BCUT2D eigenvalue weighted by Gasteiger charge is -2.14. The molecular formula is C13H14N2O6S. The third-order valence-corrected chi connectivity index (χ3v) is 5.16. The average Bonchev–Trinajstić information content (AvgIpc) is 2.63. The van der Waals surface area contributed by atoms with Crippen molar-refractivity contribution in [3.05, 3.63) is 29.3 Å². The number of carboxylic acids is 1. The Labute approximate surface area is 127 Å². The Kier molecular flexibility index (Phi) is 3.92. The van der Waals surface area contributed by atoms with E-state index in [9.17, 15) is 22.8 Å². The zero-order valence-corrected chi connectivity index (χ0v) is 12.8. The number of sulfonamides is 1. The molecule has 2 rings (SSSR count). The van der Waals surface area contributed by atoms with Gasteiger partial charge in [-0.2, -0.15) is 0 Å². The van der Waals surface area contributed by atoms with Crippen LogP contribution in [0.3, 0.4) is 0 Å². The molecule has 0 aromatic heterocycles. The monoisotopic (exact) mass is 326 g/mol. The number of rotatable bonds is 4. The molecule has 0 aliphatic carbocycles. The van der Waals surface area contributed by atoms with E-state index in [2.05, 4.69) is 0 Å². The Balaban J connectivity index is 2.45. The molecule has 0 radical (unpaired) electrons. The molecule has 0 saturated carbocycles. The van der Waals surface area contributed by atoms with Crippen molar-refractivity contribution >= 4 is 27.8 Å². The van der Waals surface area contributed by atoms with Gasteiger partial charge in [0, 0.05) is 19.2 Å². The Hall–Kier alpha value is -2.42. The number of benzene rings is 1. The van der Waals surface area contributed by atoms with Gasteiger partial charge < -0.3 is 10.0 Å². The molecule has 1 aromatic carbocycles. The molecule has 9 heteroatoms. The number of hydrogen-bond acceptors (Lipinski definition) is 5. The molecule has 1 aliphatic rings. The van der Waals surface area contributed by atoms with Crippen molar-refractivity contribution in [1.82, 2.24) is 9.21 Å². The van der Waals surface area contributed by atoms with Crippen molar-refractivity contribution in [3.8, 4) is 0 Å². The zero-order chi connectivity index (χ0) is 16.7. The van der Waals surface area contributed by atoms with Crippen LogP contribution in [-0.4, -0.2) is 60.7 Å². The van der Waals surface area contributed by atoms with Crippen molar-refractivity contribution in [2.24, 2.45) is 0 Å². The molecule has 118 valence electrons. The van der Waals surface area contributed by atoms with Crippen LogP contribution in [0.1, 0.15) is 27.6 Å². The first-order valence-corrected chi connectivity index (χ1v) is 7.82. The van der Waals surface area contributed by atoms with Gasteiger partial charge in [0.2, 0.25) is 0 Å². The van der Waals surface area contributed by atoms with E-state index in [1.165, 1.54) is 26.1 Å². The van der Waals surface area contributed by atoms with Crippen molar-refractivity contribution in [3.63, 3.8) is 0 Å². The van der Waals surface area contributed by atoms with Crippen molar-refractivity contribution in [2.45, 2.75) is 11.8 Å². The third kappa shape index (κ3) is 2.43. The molecule has 0 unspecified atom stereocenters. The molecule has 1 N–H and O–H groups in total. The third-order valence-electron chi connectivity index (χ3n) is 3.26. The minimum absolute atomic E-state index is 0.00194. The van der Waals surface area contributed by atoms with E-state index < -0.39 is 34.4 Å². The number of carbonyl (C=O) groups is 3. The Morgan fingerprint density at radius 3 is 2.50 bits per heavy atom. The number of aliphatic carboxylic acids is 1. The lowest BCUT2D eigenvalue weighted by atomic mass is 10.1. The number of fused-ring (bicyclic) bond motifs is 1. The summed E-state index contributed by atoms with van der Waals surface area (Å²) in [5, 5.41) is 8.68. The molecule has 1 aromatic rings. The van der Waals surface area contributed by atoms with E-state index in [-0.39, 0.29) is 22.6 Å². The highest BCUT2D eigenvalue weighted by atomic mass is 32.2. The molecule has 22 heavy (non-hydrogen) atoms. The van der Waals surface area contributed by atoms with Gasteiger partial charge in [-0.25, -0.2) is 12.7 Å². The average molecular weight is 326 g/mol. The largest absolute Gasteiger partial charge is 0.480 e. The van der Waals surface area contributed by atoms with E-state index in [4.69, 9.17) is 5.11 Å². The summed E-state index contributed by atoms with van der Waals surface area (Å²) in [5.74, 6) is -2.45. The van der Waals surface area contributed by atoms with Crippen LogP contribution in [0.4, 0.5) is 0 Å². The van der Waals surface area contributed by atoms with Crippen molar-refractivity contribution in [1.29, 1.82) is 0 Å². The second kappa shape index (κ2) is 5.41. The summed E-state index contributed by atoms with van der Waals surface area (Å²) >= 11 is 0. The molecule has 0 saturated heterocycles. The van der Waals surface area contributed by atoms with E-state index >= 15 is 0 Å². The van der Waals surface area contributed by atoms with Gasteiger partial charge >= 0.3 is 5.97 Å². The SMILES string of the molecule is CCN1C(=O)c2ccc(C(=O)N(C)CC(=O)O)cc2S1(=O)=O. The van der Waals surface area contributed by atoms with Gasteiger partial charge in [-0.1, -0.05) is 0 Å². The number of carboxylic acid groups (broad SMARTS) is 1. The molecule has 0 bridgehead atoms. The van der Waals surface area contributed by atoms with Gasteiger partial charge in [0.25, 0.3) is 21.8 Å². The van der Waals surface area contributed by atoms with E-state index in [1.54, 1.807) is 0 Å². The van der Waals surface area contributed by atoms with Gasteiger partial charge in [-0.15, -0.1) is 0 Å². The second-order valence-corrected chi connectivity index (χ2v) is 6.57. The summed E-state index contributed by atoms with van der Waals surface area (Å²) in [7, 11) is -2.66. The lowest BCUT2D eigenvalue weighted by Crippen LogP contribution is -2.32. The fourth-order valence-corrected chi connectivity index (χ4v) is 3.82. The Morgan fingerprint density at radius 1 is 1.32 bits per heavy atom. The first-order valence-electron chi connectivity index (χ1n) is 6.38. The molecule has 2 amide bonds. The standard InChI is InChI=1S/C13H14N2O6S/c1-3-15-13(19)9-5-4-8(6-10(9)22(15,20)21)12(18)14(2)7-11(16)17/h4-6H,3,7H2,1-2H3,(H,16,17). The van der Waals surface area contributed by atoms with Crippen molar-refractivity contribution < 1.29 is 27.9 Å². The summed E-state index contributed by atoms with van der Waals surface area (Å²) < 4.78 is 25.2. The minimum Gasteiger partial charge on any atom is -0.480 e. The van der Waals surface area contributed by atoms with Crippen LogP contribution >= 0.6 is 0 Å². The van der Waals surface area contributed by atoms with Gasteiger partial charge in [-0.05, 0) is 25.1 Å². The Bertz CT molecular complexity index is 771. The second-order valence-electron chi connectivity index (χ2n) is 4.74.